The molecule has 160 valence electrons. The fraction of sp³-hybridized carbons (Fsp3) is 0.227. The summed E-state index contributed by atoms with van der Waals surface area (Å²) in [6, 6.07) is 12.7. The van der Waals surface area contributed by atoms with Crippen LogP contribution in [0.3, 0.4) is 0 Å². The number of benzene rings is 2. The van der Waals surface area contributed by atoms with Crippen LogP contribution in [0.4, 0.5) is 14.9 Å². The number of hydrogen-bond donors (Lipinski definition) is 2. The predicted molar refractivity (Wildman–Crippen MR) is 118 cm³/mol. The van der Waals surface area contributed by atoms with E-state index in [1.165, 1.54) is 22.7 Å². The average Bonchev–Trinajstić information content (AvgIpc) is 2.87. The number of urea groups is 1. The van der Waals surface area contributed by atoms with E-state index in [1.807, 2.05) is 0 Å². The zero-order valence-corrected chi connectivity index (χ0v) is 17.8. The summed E-state index contributed by atoms with van der Waals surface area (Å²) in [4.78, 5) is 31.6. The monoisotopic (exact) mass is 440 g/mol. The Labute approximate surface area is 183 Å². The van der Waals surface area contributed by atoms with Gasteiger partial charge in [0.05, 0.1) is 18.0 Å². The quantitative estimate of drug-likeness (QED) is 0.768. The molecule has 0 aromatic heterocycles. The van der Waals surface area contributed by atoms with E-state index in [0.29, 0.717) is 40.1 Å². The molecule has 2 aliphatic rings. The largest absolute Gasteiger partial charge is 0.495 e. The van der Waals surface area contributed by atoms with Crippen LogP contribution in [0.15, 0.2) is 64.3 Å². The minimum Gasteiger partial charge on any atom is -0.495 e. The maximum atomic E-state index is 14.6. The average molecular weight is 441 g/mol. The smallest absolute Gasteiger partial charge is 0.321 e. The van der Waals surface area contributed by atoms with Crippen LogP contribution in [0.2, 0.25) is 0 Å². The van der Waals surface area contributed by atoms with E-state index in [-0.39, 0.29) is 5.56 Å². The van der Waals surface area contributed by atoms with Gasteiger partial charge in [0.1, 0.15) is 16.6 Å². The molecule has 1 atom stereocenters. The standard InChI is InChI=1S/C22H21FN4O3S/c1-13-20(31-12-11-30-13)26-22(29)25-19-21(28)27(2)17-10-6-4-8-15(17)18(24-19)14-7-3-5-9-16(14)23/h3-10,19H,11-12H2,1-2H3,(H2,25,26,29). The van der Waals surface area contributed by atoms with E-state index in [0.717, 1.165) is 0 Å². The van der Waals surface area contributed by atoms with Gasteiger partial charge in [-0.05, 0) is 25.1 Å². The summed E-state index contributed by atoms with van der Waals surface area (Å²) in [6.07, 6.45) is -1.23. The number of fused-ring (bicyclic) bond motifs is 1. The van der Waals surface area contributed by atoms with Crippen molar-refractivity contribution in [1.29, 1.82) is 0 Å². The summed E-state index contributed by atoms with van der Waals surface area (Å²) in [7, 11) is 1.60. The minimum absolute atomic E-state index is 0.250. The molecule has 3 amide bonds. The number of benzodiazepines with no additional fused rings is 1. The van der Waals surface area contributed by atoms with Gasteiger partial charge in [-0.1, -0.05) is 30.3 Å². The Hall–Kier alpha value is -3.33. The second-order valence-corrected chi connectivity index (χ2v) is 8.06. The van der Waals surface area contributed by atoms with Crippen molar-refractivity contribution in [2.45, 2.75) is 13.1 Å². The molecule has 0 saturated heterocycles. The minimum atomic E-state index is -1.23. The first-order valence-corrected chi connectivity index (χ1v) is 10.7. The van der Waals surface area contributed by atoms with Gasteiger partial charge in [-0.2, -0.15) is 0 Å². The Morgan fingerprint density at radius 3 is 2.65 bits per heavy atom. The summed E-state index contributed by atoms with van der Waals surface area (Å²) in [5, 5.41) is 5.90. The first-order chi connectivity index (χ1) is 15.0. The van der Waals surface area contributed by atoms with Crippen LogP contribution in [0.5, 0.6) is 0 Å². The number of carbonyl (C=O) groups excluding carboxylic acids is 2. The van der Waals surface area contributed by atoms with E-state index in [9.17, 15) is 14.0 Å². The highest BCUT2D eigenvalue weighted by Gasteiger charge is 2.32. The highest BCUT2D eigenvalue weighted by atomic mass is 32.2. The Bertz CT molecular complexity index is 1100. The fourth-order valence-electron chi connectivity index (χ4n) is 3.38. The van der Waals surface area contributed by atoms with Gasteiger partial charge < -0.3 is 15.0 Å². The van der Waals surface area contributed by atoms with Crippen molar-refractivity contribution in [3.63, 3.8) is 0 Å². The number of amides is 3. The maximum Gasteiger partial charge on any atom is 0.321 e. The highest BCUT2D eigenvalue weighted by Crippen LogP contribution is 2.28. The van der Waals surface area contributed by atoms with E-state index in [1.54, 1.807) is 56.4 Å². The zero-order chi connectivity index (χ0) is 22.0. The number of para-hydroxylation sites is 1. The summed E-state index contributed by atoms with van der Waals surface area (Å²) in [5.74, 6) is 0.418. The third-order valence-corrected chi connectivity index (χ3v) is 5.98. The molecular weight excluding hydrogens is 419 g/mol. The number of anilines is 1. The van der Waals surface area contributed by atoms with Crippen LogP contribution in [-0.4, -0.2) is 43.2 Å². The van der Waals surface area contributed by atoms with Crippen LogP contribution in [0.25, 0.3) is 0 Å². The SMILES string of the molecule is CC1=C(NC(=O)NC2N=C(c3ccccc3F)c3ccccc3N(C)C2=O)SCCO1. The number of nitrogens with zero attached hydrogens (tertiary/aromatic N) is 2. The van der Waals surface area contributed by atoms with Gasteiger partial charge in [0.25, 0.3) is 5.91 Å². The molecule has 2 N–H and O–H groups in total. The van der Waals surface area contributed by atoms with E-state index in [2.05, 4.69) is 15.6 Å². The Morgan fingerprint density at radius 1 is 1.19 bits per heavy atom. The normalized spacial score (nSPS) is 18.5. The summed E-state index contributed by atoms with van der Waals surface area (Å²) in [5.41, 5.74) is 1.72. The van der Waals surface area contributed by atoms with Crippen molar-refractivity contribution in [3.8, 4) is 0 Å². The molecule has 2 heterocycles. The molecule has 2 aromatic carbocycles. The Kier molecular flexibility index (Phi) is 5.94. The van der Waals surface area contributed by atoms with Crippen molar-refractivity contribution in [2.75, 3.05) is 24.3 Å². The third-order valence-electron chi connectivity index (χ3n) is 4.94. The molecule has 7 nitrogen and oxygen atoms in total. The molecule has 4 rings (SSSR count). The maximum absolute atomic E-state index is 14.6. The second-order valence-electron chi connectivity index (χ2n) is 6.96. The molecule has 0 saturated carbocycles. The molecule has 1 unspecified atom stereocenters. The summed E-state index contributed by atoms with van der Waals surface area (Å²) in [6.45, 7) is 2.33. The van der Waals surface area contributed by atoms with Gasteiger partial charge in [-0.3, -0.25) is 10.1 Å². The van der Waals surface area contributed by atoms with Crippen LogP contribution in [0.1, 0.15) is 18.1 Å². The number of ether oxygens (including phenoxy) is 1. The number of nitrogens with one attached hydrogen (secondary N) is 2. The van der Waals surface area contributed by atoms with Gasteiger partial charge >= 0.3 is 6.03 Å². The number of carbonyl (C=O) groups is 2. The Balaban J connectivity index is 1.71. The second kappa shape index (κ2) is 8.81. The predicted octanol–water partition coefficient (Wildman–Crippen LogP) is 3.22. The van der Waals surface area contributed by atoms with Gasteiger partial charge in [0.2, 0.25) is 6.17 Å². The highest BCUT2D eigenvalue weighted by molar-refractivity contribution is 8.03. The van der Waals surface area contributed by atoms with Crippen molar-refractivity contribution >= 4 is 35.1 Å². The number of allylic oxidation sites excluding steroid dienone is 1. The molecule has 2 aromatic rings. The number of hydrogen-bond acceptors (Lipinski definition) is 5. The number of halogens is 1. The molecule has 9 heteroatoms. The fourth-order valence-corrected chi connectivity index (χ4v) is 4.18. The molecule has 0 fully saturated rings. The van der Waals surface area contributed by atoms with Gasteiger partial charge in [0.15, 0.2) is 0 Å². The van der Waals surface area contributed by atoms with Gasteiger partial charge in [0, 0.05) is 23.9 Å². The van der Waals surface area contributed by atoms with Crippen molar-refractivity contribution in [3.05, 3.63) is 76.3 Å². The van der Waals surface area contributed by atoms with Crippen LogP contribution < -0.4 is 15.5 Å². The lowest BCUT2D eigenvalue weighted by molar-refractivity contribution is -0.119. The lowest BCUT2D eigenvalue weighted by Crippen LogP contribution is -2.49. The molecule has 0 aliphatic carbocycles. The van der Waals surface area contributed by atoms with Crippen LogP contribution in [-0.2, 0) is 9.53 Å². The first kappa shape index (κ1) is 20.9. The topological polar surface area (TPSA) is 83.0 Å². The van der Waals surface area contributed by atoms with Crippen molar-refractivity contribution in [1.82, 2.24) is 10.6 Å². The van der Waals surface area contributed by atoms with E-state index in [4.69, 9.17) is 4.74 Å². The van der Waals surface area contributed by atoms with Gasteiger partial charge in [-0.25, -0.2) is 14.2 Å². The van der Waals surface area contributed by atoms with E-state index >= 15 is 0 Å². The van der Waals surface area contributed by atoms with Crippen molar-refractivity contribution < 1.29 is 18.7 Å². The third kappa shape index (κ3) is 4.27. The number of rotatable bonds is 3. The van der Waals surface area contributed by atoms with Crippen LogP contribution >= 0.6 is 11.8 Å². The van der Waals surface area contributed by atoms with E-state index < -0.39 is 23.9 Å². The Morgan fingerprint density at radius 2 is 1.90 bits per heavy atom. The molecule has 0 spiro atoms. The molecule has 31 heavy (non-hydrogen) atoms. The summed E-state index contributed by atoms with van der Waals surface area (Å²) < 4.78 is 20.1. The molecule has 0 bridgehead atoms. The first-order valence-electron chi connectivity index (χ1n) is 9.69. The molecule has 0 radical (unpaired) electrons. The molecular formula is C22H21FN4O3S. The number of likely N-dealkylation sites (N-methyl/N-ethyl adjacent to an activating group) is 1. The number of aliphatic imine (C=N–C) groups is 1. The zero-order valence-electron chi connectivity index (χ0n) is 17.0. The van der Waals surface area contributed by atoms with Crippen LogP contribution in [0, 0.1) is 5.82 Å². The molecule has 2 aliphatic heterocycles. The summed E-state index contributed by atoms with van der Waals surface area (Å²) >= 11 is 1.46. The van der Waals surface area contributed by atoms with Gasteiger partial charge in [-0.15, -0.1) is 11.8 Å². The number of thioether (sulfide) groups is 1. The van der Waals surface area contributed by atoms with Crippen molar-refractivity contribution in [2.24, 2.45) is 4.99 Å². The lowest BCUT2D eigenvalue weighted by Gasteiger charge is -2.22. The lowest BCUT2D eigenvalue weighted by atomic mass is 10.00.